The Balaban J connectivity index is 1.95. The minimum absolute atomic E-state index is 0.0424. The molecule has 0 N–H and O–H groups in total. The molecule has 0 saturated heterocycles. The largest absolute Gasteiger partial charge is 0.457 e. The van der Waals surface area contributed by atoms with Crippen LogP contribution >= 0.6 is 0 Å². The van der Waals surface area contributed by atoms with Crippen molar-refractivity contribution in [2.24, 2.45) is 5.92 Å². The zero-order valence-corrected chi connectivity index (χ0v) is 15.5. The molecule has 1 heterocycles. The number of hydrogen-bond acceptors (Lipinski definition) is 5. The second-order valence-electron chi connectivity index (χ2n) is 6.50. The van der Waals surface area contributed by atoms with E-state index in [1.807, 2.05) is 4.57 Å². The van der Waals surface area contributed by atoms with E-state index in [1.54, 1.807) is 18.2 Å². The Kier molecular flexibility index (Phi) is 4.83. The Labute approximate surface area is 147 Å². The molecule has 136 valence electrons. The van der Waals surface area contributed by atoms with E-state index < -0.39 is 10.0 Å². The summed E-state index contributed by atoms with van der Waals surface area (Å²) in [4.78, 5) is 16.5. The highest BCUT2D eigenvalue weighted by Gasteiger charge is 2.31. The van der Waals surface area contributed by atoms with Gasteiger partial charge in [-0.15, -0.1) is 0 Å². The minimum atomic E-state index is -3.51. The van der Waals surface area contributed by atoms with E-state index in [4.69, 9.17) is 4.74 Å². The van der Waals surface area contributed by atoms with Crippen LogP contribution in [0.4, 0.5) is 0 Å². The summed E-state index contributed by atoms with van der Waals surface area (Å²) in [5, 5.41) is 0. The van der Waals surface area contributed by atoms with E-state index in [0.717, 1.165) is 31.3 Å². The molecule has 25 heavy (non-hydrogen) atoms. The maximum absolute atomic E-state index is 12.3. The van der Waals surface area contributed by atoms with Crippen molar-refractivity contribution in [2.45, 2.75) is 44.2 Å². The van der Waals surface area contributed by atoms with Gasteiger partial charge in [-0.3, -0.25) is 4.79 Å². The third-order valence-electron chi connectivity index (χ3n) is 4.28. The van der Waals surface area contributed by atoms with Crippen LogP contribution in [0.25, 0.3) is 11.0 Å². The van der Waals surface area contributed by atoms with Gasteiger partial charge in [0.1, 0.15) is 12.4 Å². The highest BCUT2D eigenvalue weighted by atomic mass is 32.2. The number of esters is 1. The van der Waals surface area contributed by atoms with Crippen LogP contribution in [0.1, 0.15) is 32.0 Å². The molecular formula is C17H23N3O4S. The molecule has 0 bridgehead atoms. The molecule has 1 aromatic carbocycles. The monoisotopic (exact) mass is 365 g/mol. The standard InChI is InChI=1S/C17H23N3O4S/c1-4-9-20-15-8-7-13(25(22,23)19(2)3)10-14(15)18-16(20)11-24-17(21)12-5-6-12/h7-8,10,12H,4-6,9,11H2,1-3H3. The van der Waals surface area contributed by atoms with Gasteiger partial charge in [-0.1, -0.05) is 6.92 Å². The van der Waals surface area contributed by atoms with Gasteiger partial charge in [-0.2, -0.15) is 0 Å². The number of rotatable bonds is 7. The predicted octanol–water partition coefficient (Wildman–Crippen LogP) is 2.15. The van der Waals surface area contributed by atoms with E-state index in [0.29, 0.717) is 11.3 Å². The SMILES string of the molecule is CCCn1c(COC(=O)C2CC2)nc2cc(S(=O)(=O)N(C)C)ccc21. The smallest absolute Gasteiger partial charge is 0.309 e. The number of imidazole rings is 1. The number of ether oxygens (including phenoxy) is 1. The number of hydrogen-bond donors (Lipinski definition) is 0. The number of aryl methyl sites for hydroxylation is 1. The summed E-state index contributed by atoms with van der Waals surface area (Å²) in [6, 6.07) is 4.93. The van der Waals surface area contributed by atoms with Crippen molar-refractivity contribution in [2.75, 3.05) is 14.1 Å². The summed E-state index contributed by atoms with van der Waals surface area (Å²) in [7, 11) is -0.518. The Hall–Kier alpha value is -1.93. The molecule has 7 nitrogen and oxygen atoms in total. The van der Waals surface area contributed by atoms with Crippen LogP contribution in [0.2, 0.25) is 0 Å². The lowest BCUT2D eigenvalue weighted by molar-refractivity contribution is -0.146. The fourth-order valence-corrected chi connectivity index (χ4v) is 3.61. The molecule has 8 heteroatoms. The molecule has 0 unspecified atom stereocenters. The summed E-state index contributed by atoms with van der Waals surface area (Å²) in [5.74, 6) is 0.511. The first-order chi connectivity index (χ1) is 11.8. The molecule has 1 aromatic heterocycles. The quantitative estimate of drug-likeness (QED) is 0.702. The second kappa shape index (κ2) is 6.76. The van der Waals surface area contributed by atoms with E-state index >= 15 is 0 Å². The van der Waals surface area contributed by atoms with Crippen molar-refractivity contribution in [1.82, 2.24) is 13.9 Å². The van der Waals surface area contributed by atoms with Crippen LogP contribution < -0.4 is 0 Å². The number of nitrogens with zero attached hydrogens (tertiary/aromatic N) is 3. The van der Waals surface area contributed by atoms with Gasteiger partial charge >= 0.3 is 5.97 Å². The number of aromatic nitrogens is 2. The fourth-order valence-electron chi connectivity index (χ4n) is 2.69. The Morgan fingerprint density at radius 1 is 1.36 bits per heavy atom. The summed E-state index contributed by atoms with van der Waals surface area (Å²) in [6.45, 7) is 2.89. The molecule has 0 spiro atoms. The zero-order valence-electron chi connectivity index (χ0n) is 14.7. The Morgan fingerprint density at radius 2 is 2.08 bits per heavy atom. The normalized spacial score (nSPS) is 15.0. The molecule has 3 rings (SSSR count). The molecule has 0 radical (unpaired) electrons. The van der Waals surface area contributed by atoms with Crippen LogP contribution in [0, 0.1) is 5.92 Å². The van der Waals surface area contributed by atoms with E-state index in [9.17, 15) is 13.2 Å². The number of carbonyl (C=O) groups excluding carboxylic acids is 1. The first kappa shape index (κ1) is 17.9. The first-order valence-electron chi connectivity index (χ1n) is 8.43. The van der Waals surface area contributed by atoms with Crippen LogP contribution in [0.15, 0.2) is 23.1 Å². The molecular weight excluding hydrogens is 342 g/mol. The number of fused-ring (bicyclic) bond motifs is 1. The first-order valence-corrected chi connectivity index (χ1v) is 9.87. The van der Waals surface area contributed by atoms with Gasteiger partial charge in [-0.05, 0) is 37.5 Å². The highest BCUT2D eigenvalue weighted by Crippen LogP contribution is 2.30. The lowest BCUT2D eigenvalue weighted by Crippen LogP contribution is -2.22. The summed E-state index contributed by atoms with van der Waals surface area (Å²) in [6.07, 6.45) is 2.69. The molecule has 2 aromatic rings. The molecule has 0 amide bonds. The lowest BCUT2D eigenvalue weighted by atomic mass is 10.3. The molecule has 0 aliphatic heterocycles. The lowest BCUT2D eigenvalue weighted by Gasteiger charge is -2.11. The topological polar surface area (TPSA) is 81.5 Å². The van der Waals surface area contributed by atoms with Gasteiger partial charge in [0.15, 0.2) is 0 Å². The highest BCUT2D eigenvalue weighted by molar-refractivity contribution is 7.89. The molecule has 1 saturated carbocycles. The van der Waals surface area contributed by atoms with Crippen LogP contribution in [-0.4, -0.2) is 42.3 Å². The maximum atomic E-state index is 12.3. The minimum Gasteiger partial charge on any atom is -0.457 e. The molecule has 0 atom stereocenters. The van der Waals surface area contributed by atoms with Gasteiger partial charge in [0.25, 0.3) is 0 Å². The second-order valence-corrected chi connectivity index (χ2v) is 8.65. The Bertz CT molecular complexity index is 898. The summed E-state index contributed by atoms with van der Waals surface area (Å²) < 4.78 is 33.1. The maximum Gasteiger partial charge on any atom is 0.309 e. The zero-order chi connectivity index (χ0) is 18.2. The van der Waals surface area contributed by atoms with Crippen molar-refractivity contribution in [3.63, 3.8) is 0 Å². The van der Waals surface area contributed by atoms with Crippen molar-refractivity contribution in [3.8, 4) is 0 Å². The van der Waals surface area contributed by atoms with Gasteiger partial charge in [-0.25, -0.2) is 17.7 Å². The van der Waals surface area contributed by atoms with Gasteiger partial charge < -0.3 is 9.30 Å². The third kappa shape index (κ3) is 3.55. The number of sulfonamides is 1. The van der Waals surface area contributed by atoms with Crippen molar-refractivity contribution >= 4 is 27.0 Å². The fraction of sp³-hybridized carbons (Fsp3) is 0.529. The molecule has 1 fully saturated rings. The van der Waals surface area contributed by atoms with Crippen molar-refractivity contribution in [1.29, 1.82) is 0 Å². The van der Waals surface area contributed by atoms with Gasteiger partial charge in [0.2, 0.25) is 10.0 Å². The number of carbonyl (C=O) groups is 1. The van der Waals surface area contributed by atoms with Gasteiger partial charge in [0, 0.05) is 20.6 Å². The van der Waals surface area contributed by atoms with Crippen LogP contribution in [0.3, 0.4) is 0 Å². The van der Waals surface area contributed by atoms with Crippen molar-refractivity contribution in [3.05, 3.63) is 24.0 Å². The summed E-state index contributed by atoms with van der Waals surface area (Å²) in [5.41, 5.74) is 1.44. The van der Waals surface area contributed by atoms with Gasteiger partial charge in [0.05, 0.1) is 21.8 Å². The molecule has 1 aliphatic carbocycles. The van der Waals surface area contributed by atoms with E-state index in [2.05, 4.69) is 11.9 Å². The third-order valence-corrected chi connectivity index (χ3v) is 6.09. The predicted molar refractivity (Wildman–Crippen MR) is 93.4 cm³/mol. The molecule has 1 aliphatic rings. The Morgan fingerprint density at radius 3 is 2.68 bits per heavy atom. The number of benzene rings is 1. The summed E-state index contributed by atoms with van der Waals surface area (Å²) >= 11 is 0. The average molecular weight is 365 g/mol. The van der Waals surface area contributed by atoms with Crippen molar-refractivity contribution < 1.29 is 17.9 Å². The van der Waals surface area contributed by atoms with Crippen LogP contribution in [0.5, 0.6) is 0 Å². The van der Waals surface area contributed by atoms with E-state index in [-0.39, 0.29) is 23.4 Å². The van der Waals surface area contributed by atoms with Crippen LogP contribution in [-0.2, 0) is 32.7 Å². The van der Waals surface area contributed by atoms with E-state index in [1.165, 1.54) is 18.4 Å². The average Bonchev–Trinajstić information content (AvgIpc) is 3.36.